The quantitative estimate of drug-likeness (QED) is 0.835. The first-order valence-corrected chi connectivity index (χ1v) is 8.20. The maximum atomic E-state index is 5.62. The Balaban J connectivity index is 1.68. The van der Waals surface area contributed by atoms with Gasteiger partial charge in [0.1, 0.15) is 5.82 Å². The van der Waals surface area contributed by atoms with Gasteiger partial charge in [0.05, 0.1) is 12.6 Å². The number of hydrogen-bond acceptors (Lipinski definition) is 8. The van der Waals surface area contributed by atoms with E-state index in [9.17, 15) is 0 Å². The maximum Gasteiger partial charge on any atom is 0.216 e. The summed E-state index contributed by atoms with van der Waals surface area (Å²) in [5, 5.41) is 12.6. The van der Waals surface area contributed by atoms with Crippen molar-refractivity contribution in [3.63, 3.8) is 0 Å². The molecule has 0 spiro atoms. The van der Waals surface area contributed by atoms with Gasteiger partial charge in [0.2, 0.25) is 5.16 Å². The molecule has 1 aliphatic rings. The van der Waals surface area contributed by atoms with Crippen LogP contribution < -0.4 is 0 Å². The highest BCUT2D eigenvalue weighted by atomic mass is 32.2. The molecule has 1 saturated heterocycles. The third kappa shape index (κ3) is 3.15. The van der Waals surface area contributed by atoms with E-state index >= 15 is 0 Å². The first-order valence-electron chi connectivity index (χ1n) is 6.61. The molecule has 0 amide bonds. The van der Waals surface area contributed by atoms with Crippen LogP contribution in [0.2, 0.25) is 0 Å². The fourth-order valence-corrected chi connectivity index (χ4v) is 3.57. The van der Waals surface area contributed by atoms with Gasteiger partial charge in [0.15, 0.2) is 4.34 Å². The van der Waals surface area contributed by atoms with Crippen molar-refractivity contribution in [2.75, 3.05) is 6.61 Å². The first-order chi connectivity index (χ1) is 9.72. The van der Waals surface area contributed by atoms with Crippen LogP contribution in [0.3, 0.4) is 0 Å². The molecule has 9 heteroatoms. The van der Waals surface area contributed by atoms with E-state index in [1.54, 1.807) is 4.68 Å². The third-order valence-electron chi connectivity index (χ3n) is 3.02. The summed E-state index contributed by atoms with van der Waals surface area (Å²) in [7, 11) is 0. The zero-order valence-corrected chi connectivity index (χ0v) is 13.0. The Labute approximate surface area is 125 Å². The standard InChI is InChI=1S/C11H16N6OS2/c1-7(2)9-12-11(20-14-9)19-10-13-15-16-17(10)6-8-4-3-5-18-8/h7-8H,3-6H2,1-2H3. The Bertz CT molecular complexity index is 563. The molecule has 0 radical (unpaired) electrons. The van der Waals surface area contributed by atoms with Crippen molar-refractivity contribution in [1.29, 1.82) is 0 Å². The number of rotatable bonds is 5. The number of hydrogen-bond donors (Lipinski definition) is 0. The highest BCUT2D eigenvalue weighted by Gasteiger charge is 2.20. The Morgan fingerprint density at radius 1 is 1.50 bits per heavy atom. The van der Waals surface area contributed by atoms with E-state index < -0.39 is 0 Å². The van der Waals surface area contributed by atoms with Crippen LogP contribution in [-0.2, 0) is 11.3 Å². The van der Waals surface area contributed by atoms with E-state index in [-0.39, 0.29) is 6.10 Å². The van der Waals surface area contributed by atoms with E-state index in [1.165, 1.54) is 23.3 Å². The molecule has 2 aromatic rings. The van der Waals surface area contributed by atoms with Gasteiger partial charge < -0.3 is 4.74 Å². The zero-order valence-electron chi connectivity index (χ0n) is 11.4. The summed E-state index contributed by atoms with van der Waals surface area (Å²) in [6, 6.07) is 0. The third-order valence-corrected chi connectivity index (χ3v) is 4.76. The van der Waals surface area contributed by atoms with Gasteiger partial charge in [-0.2, -0.15) is 4.37 Å². The molecule has 1 fully saturated rings. The molecular weight excluding hydrogens is 296 g/mol. The lowest BCUT2D eigenvalue weighted by Crippen LogP contribution is -2.16. The Kier molecular flexibility index (Phi) is 4.27. The van der Waals surface area contributed by atoms with Crippen molar-refractivity contribution in [2.24, 2.45) is 0 Å². The molecule has 1 unspecified atom stereocenters. The van der Waals surface area contributed by atoms with Crippen molar-refractivity contribution in [2.45, 2.75) is 54.8 Å². The van der Waals surface area contributed by atoms with Crippen molar-refractivity contribution in [1.82, 2.24) is 29.6 Å². The molecule has 0 aromatic carbocycles. The Morgan fingerprint density at radius 3 is 3.10 bits per heavy atom. The second-order valence-electron chi connectivity index (χ2n) is 4.95. The number of ether oxygens (including phenoxy) is 1. The smallest absolute Gasteiger partial charge is 0.216 e. The Morgan fingerprint density at radius 2 is 2.40 bits per heavy atom. The van der Waals surface area contributed by atoms with Gasteiger partial charge in [0.25, 0.3) is 0 Å². The van der Waals surface area contributed by atoms with Crippen LogP contribution in [-0.4, -0.2) is 42.3 Å². The summed E-state index contributed by atoms with van der Waals surface area (Å²) < 4.78 is 12.6. The first kappa shape index (κ1) is 13.9. The summed E-state index contributed by atoms with van der Waals surface area (Å²) >= 11 is 2.85. The number of tetrazole rings is 1. The largest absolute Gasteiger partial charge is 0.376 e. The van der Waals surface area contributed by atoms with E-state index in [0.717, 1.165) is 34.8 Å². The van der Waals surface area contributed by atoms with Crippen LogP contribution in [0.1, 0.15) is 38.4 Å². The molecule has 3 heterocycles. The highest BCUT2D eigenvalue weighted by Crippen LogP contribution is 2.28. The minimum atomic E-state index is 0.221. The fraction of sp³-hybridized carbons (Fsp3) is 0.727. The second-order valence-corrected chi connectivity index (χ2v) is 6.92. The van der Waals surface area contributed by atoms with Crippen molar-refractivity contribution < 1.29 is 4.74 Å². The molecule has 1 aliphatic heterocycles. The summed E-state index contributed by atoms with van der Waals surface area (Å²) in [6.07, 6.45) is 2.41. The monoisotopic (exact) mass is 312 g/mol. The lowest BCUT2D eigenvalue weighted by Gasteiger charge is -2.09. The molecule has 2 aromatic heterocycles. The van der Waals surface area contributed by atoms with Crippen LogP contribution in [0.4, 0.5) is 0 Å². The summed E-state index contributed by atoms with van der Waals surface area (Å²) in [4.78, 5) is 4.49. The van der Waals surface area contributed by atoms with Crippen LogP contribution in [0.25, 0.3) is 0 Å². The minimum absolute atomic E-state index is 0.221. The van der Waals surface area contributed by atoms with E-state index in [1.807, 2.05) is 0 Å². The van der Waals surface area contributed by atoms with E-state index in [0.29, 0.717) is 12.5 Å². The van der Waals surface area contributed by atoms with Crippen molar-refractivity contribution in [3.05, 3.63) is 5.82 Å². The highest BCUT2D eigenvalue weighted by molar-refractivity contribution is 8.00. The number of aromatic nitrogens is 6. The molecule has 0 saturated carbocycles. The Hall–Kier alpha value is -1.06. The topological polar surface area (TPSA) is 78.6 Å². The van der Waals surface area contributed by atoms with Crippen LogP contribution in [0.5, 0.6) is 0 Å². The van der Waals surface area contributed by atoms with Gasteiger partial charge in [-0.15, -0.1) is 5.10 Å². The molecule has 20 heavy (non-hydrogen) atoms. The van der Waals surface area contributed by atoms with Crippen LogP contribution in [0.15, 0.2) is 9.50 Å². The maximum absolute atomic E-state index is 5.62. The molecule has 0 N–H and O–H groups in total. The predicted molar refractivity (Wildman–Crippen MR) is 74.9 cm³/mol. The molecule has 0 bridgehead atoms. The van der Waals surface area contributed by atoms with Crippen molar-refractivity contribution in [3.8, 4) is 0 Å². The minimum Gasteiger partial charge on any atom is -0.376 e. The molecule has 108 valence electrons. The second kappa shape index (κ2) is 6.15. The van der Waals surface area contributed by atoms with Gasteiger partial charge in [-0.1, -0.05) is 13.8 Å². The molecule has 3 rings (SSSR count). The average Bonchev–Trinajstić information content (AvgIpc) is 3.13. The lowest BCUT2D eigenvalue weighted by atomic mass is 10.2. The van der Waals surface area contributed by atoms with E-state index in [4.69, 9.17) is 4.74 Å². The molecule has 1 atom stereocenters. The molecular formula is C11H16N6OS2. The van der Waals surface area contributed by atoms with Gasteiger partial charge in [-0.25, -0.2) is 9.67 Å². The van der Waals surface area contributed by atoms with Gasteiger partial charge in [-0.3, -0.25) is 0 Å². The van der Waals surface area contributed by atoms with E-state index in [2.05, 4.69) is 38.7 Å². The number of nitrogens with zero attached hydrogens (tertiary/aromatic N) is 6. The summed E-state index contributed by atoms with van der Waals surface area (Å²) in [5.41, 5.74) is 0. The molecule has 0 aliphatic carbocycles. The summed E-state index contributed by atoms with van der Waals surface area (Å²) in [5.74, 6) is 1.21. The zero-order chi connectivity index (χ0) is 13.9. The van der Waals surface area contributed by atoms with Crippen LogP contribution in [0, 0.1) is 0 Å². The van der Waals surface area contributed by atoms with Gasteiger partial charge in [-0.05, 0) is 46.6 Å². The van der Waals surface area contributed by atoms with Crippen molar-refractivity contribution >= 4 is 23.3 Å². The van der Waals surface area contributed by atoms with Gasteiger partial charge >= 0.3 is 0 Å². The SMILES string of the molecule is CC(C)c1nsc(Sc2nnnn2CC2CCCO2)n1. The predicted octanol–water partition coefficient (Wildman–Crippen LogP) is 1.98. The fourth-order valence-electron chi connectivity index (χ4n) is 1.94. The molecule has 7 nitrogen and oxygen atoms in total. The summed E-state index contributed by atoms with van der Waals surface area (Å²) in [6.45, 7) is 5.70. The lowest BCUT2D eigenvalue weighted by molar-refractivity contribution is 0.0912. The van der Waals surface area contributed by atoms with Crippen LogP contribution >= 0.6 is 23.3 Å². The normalized spacial score (nSPS) is 19.1. The van der Waals surface area contributed by atoms with Gasteiger partial charge in [0, 0.05) is 12.5 Å². The average molecular weight is 312 g/mol.